The van der Waals surface area contributed by atoms with Crippen LogP contribution in [0.15, 0.2) is 52.2 Å². The number of benzene rings is 1. The third kappa shape index (κ3) is 3.39. The van der Waals surface area contributed by atoms with E-state index in [1.165, 1.54) is 4.57 Å². The van der Waals surface area contributed by atoms with E-state index in [1.807, 2.05) is 19.1 Å². The molecule has 0 fully saturated rings. The van der Waals surface area contributed by atoms with Crippen molar-refractivity contribution in [3.63, 3.8) is 0 Å². The minimum absolute atomic E-state index is 0.171. The lowest BCUT2D eigenvalue weighted by Crippen LogP contribution is -2.26. The van der Waals surface area contributed by atoms with Crippen molar-refractivity contribution in [1.82, 2.24) is 14.5 Å². The van der Waals surface area contributed by atoms with E-state index in [1.54, 1.807) is 36.2 Å². The summed E-state index contributed by atoms with van der Waals surface area (Å²) in [4.78, 5) is 29.8. The topological polar surface area (TPSA) is 71.2 Å². The number of amides is 1. The summed E-state index contributed by atoms with van der Waals surface area (Å²) >= 11 is 5.23. The third-order valence-electron chi connectivity index (χ3n) is 4.08. The van der Waals surface area contributed by atoms with E-state index in [-0.39, 0.29) is 11.5 Å². The molecule has 6 nitrogen and oxygen atoms in total. The van der Waals surface area contributed by atoms with Crippen LogP contribution < -0.4 is 5.56 Å². The number of nitrogens with one attached hydrogen (secondary N) is 1. The molecule has 0 atom stereocenters. The number of nitrogens with zero attached hydrogens (tertiary/aromatic N) is 2. The van der Waals surface area contributed by atoms with Crippen LogP contribution in [0.5, 0.6) is 0 Å². The minimum Gasteiger partial charge on any atom is -0.464 e. The molecule has 1 aromatic carbocycles. The number of rotatable bonds is 5. The number of hydrogen-bond donors (Lipinski definition) is 1. The Kier molecular flexibility index (Phi) is 4.90. The second-order valence-corrected chi connectivity index (χ2v) is 6.46. The maximum absolute atomic E-state index is 12.7. The molecule has 1 amide bonds. The molecule has 0 spiro atoms. The number of allylic oxidation sites excluding steroid dienone is 1. The average Bonchev–Trinajstić information content (AvgIpc) is 3.02. The van der Waals surface area contributed by atoms with E-state index in [0.29, 0.717) is 40.1 Å². The molecule has 2 aromatic heterocycles. The lowest BCUT2D eigenvalue weighted by molar-refractivity contribution is 0.0775. The first-order valence-electron chi connectivity index (χ1n) is 8.09. The monoisotopic (exact) mass is 369 g/mol. The van der Waals surface area contributed by atoms with Gasteiger partial charge in [-0.05, 0) is 49.5 Å². The third-order valence-corrected chi connectivity index (χ3v) is 4.40. The fourth-order valence-corrected chi connectivity index (χ4v) is 3.05. The fraction of sp³-hybridized carbons (Fsp3) is 0.211. The molecule has 0 aliphatic carbocycles. The maximum Gasteiger partial charge on any atom is 0.262 e. The molecular formula is C19H19N3O3S. The second-order valence-electron chi connectivity index (χ2n) is 6.07. The Morgan fingerprint density at radius 3 is 2.81 bits per heavy atom. The predicted octanol–water partition coefficient (Wildman–Crippen LogP) is 3.42. The standard InChI is InChI=1S/C19H19N3O3S/c1-4-9-22-18(24)15-8-6-13(10-16(15)20-19(22)26)17(23)21(3)11-14-7-5-12(2)25-14/h4-8,10H,1,9,11H2,2-3H3,(H,20,26). The Morgan fingerprint density at radius 1 is 1.38 bits per heavy atom. The van der Waals surface area contributed by atoms with Crippen molar-refractivity contribution in [1.29, 1.82) is 0 Å². The zero-order valence-corrected chi connectivity index (χ0v) is 15.4. The maximum atomic E-state index is 12.7. The molecule has 0 aliphatic heterocycles. The summed E-state index contributed by atoms with van der Waals surface area (Å²) in [6.45, 7) is 6.18. The van der Waals surface area contributed by atoms with Gasteiger partial charge in [-0.2, -0.15) is 0 Å². The highest BCUT2D eigenvalue weighted by atomic mass is 32.1. The average molecular weight is 369 g/mol. The number of H-pyrrole nitrogens is 1. The Hall–Kier alpha value is -2.93. The van der Waals surface area contributed by atoms with E-state index in [2.05, 4.69) is 11.6 Å². The number of carbonyl (C=O) groups is 1. The van der Waals surface area contributed by atoms with Gasteiger partial charge >= 0.3 is 0 Å². The van der Waals surface area contributed by atoms with Gasteiger partial charge in [0.2, 0.25) is 0 Å². The van der Waals surface area contributed by atoms with E-state index in [4.69, 9.17) is 16.6 Å². The Morgan fingerprint density at radius 2 is 2.15 bits per heavy atom. The summed E-state index contributed by atoms with van der Waals surface area (Å²) in [6, 6.07) is 8.64. The first-order valence-corrected chi connectivity index (χ1v) is 8.50. The molecule has 134 valence electrons. The van der Waals surface area contributed by atoms with Gasteiger partial charge in [0.25, 0.3) is 11.5 Å². The number of aryl methyl sites for hydroxylation is 1. The summed E-state index contributed by atoms with van der Waals surface area (Å²) in [5, 5.41) is 0.473. The Labute approximate surface area is 155 Å². The molecule has 3 aromatic rings. The molecule has 0 unspecified atom stereocenters. The van der Waals surface area contributed by atoms with E-state index < -0.39 is 0 Å². The molecule has 0 saturated carbocycles. The van der Waals surface area contributed by atoms with Crippen LogP contribution in [0.4, 0.5) is 0 Å². The lowest BCUT2D eigenvalue weighted by atomic mass is 10.1. The highest BCUT2D eigenvalue weighted by Gasteiger charge is 2.15. The first-order chi connectivity index (χ1) is 12.4. The molecule has 0 saturated heterocycles. The zero-order valence-electron chi connectivity index (χ0n) is 14.6. The van der Waals surface area contributed by atoms with Gasteiger partial charge in [0, 0.05) is 19.2 Å². The van der Waals surface area contributed by atoms with Gasteiger partial charge in [0.05, 0.1) is 17.4 Å². The highest BCUT2D eigenvalue weighted by molar-refractivity contribution is 7.71. The van der Waals surface area contributed by atoms with Gasteiger partial charge in [0.1, 0.15) is 11.5 Å². The Balaban J connectivity index is 1.94. The van der Waals surface area contributed by atoms with Crippen molar-refractivity contribution in [2.45, 2.75) is 20.0 Å². The van der Waals surface area contributed by atoms with Crippen molar-refractivity contribution in [2.24, 2.45) is 0 Å². The number of fused-ring (bicyclic) bond motifs is 1. The van der Waals surface area contributed by atoms with Crippen LogP contribution in [0.25, 0.3) is 10.9 Å². The van der Waals surface area contributed by atoms with Crippen molar-refractivity contribution >= 4 is 29.0 Å². The smallest absolute Gasteiger partial charge is 0.262 e. The lowest BCUT2D eigenvalue weighted by Gasteiger charge is -2.16. The van der Waals surface area contributed by atoms with Gasteiger partial charge < -0.3 is 14.3 Å². The molecule has 7 heteroatoms. The van der Waals surface area contributed by atoms with Crippen LogP contribution in [-0.2, 0) is 13.1 Å². The highest BCUT2D eigenvalue weighted by Crippen LogP contribution is 2.15. The van der Waals surface area contributed by atoms with Crippen LogP contribution in [-0.4, -0.2) is 27.4 Å². The summed E-state index contributed by atoms with van der Waals surface area (Å²) < 4.78 is 7.24. The summed E-state index contributed by atoms with van der Waals surface area (Å²) in [5.41, 5.74) is 0.797. The van der Waals surface area contributed by atoms with E-state index in [0.717, 1.165) is 5.76 Å². The Bertz CT molecular complexity index is 1110. The summed E-state index contributed by atoms with van der Waals surface area (Å²) in [6.07, 6.45) is 1.61. The number of furan rings is 1. The zero-order chi connectivity index (χ0) is 18.8. The molecule has 0 bridgehead atoms. The van der Waals surface area contributed by atoms with Crippen LogP contribution in [0.1, 0.15) is 21.9 Å². The van der Waals surface area contributed by atoms with Gasteiger partial charge in [0.15, 0.2) is 4.77 Å². The van der Waals surface area contributed by atoms with Crippen molar-refractivity contribution < 1.29 is 9.21 Å². The van der Waals surface area contributed by atoms with Crippen LogP contribution in [0.2, 0.25) is 0 Å². The van der Waals surface area contributed by atoms with Crippen LogP contribution in [0.3, 0.4) is 0 Å². The van der Waals surface area contributed by atoms with Crippen LogP contribution in [0, 0.1) is 11.7 Å². The predicted molar refractivity (Wildman–Crippen MR) is 103 cm³/mol. The second kappa shape index (κ2) is 7.13. The molecule has 0 aliphatic rings. The van der Waals surface area contributed by atoms with E-state index >= 15 is 0 Å². The number of aromatic nitrogens is 2. The van der Waals surface area contributed by atoms with Crippen molar-refractivity contribution in [3.8, 4) is 0 Å². The van der Waals surface area contributed by atoms with Gasteiger partial charge in [-0.3, -0.25) is 14.2 Å². The number of aromatic amines is 1. The molecule has 0 radical (unpaired) electrons. The van der Waals surface area contributed by atoms with Gasteiger partial charge in [-0.1, -0.05) is 6.08 Å². The van der Waals surface area contributed by atoms with Crippen molar-refractivity contribution in [2.75, 3.05) is 7.05 Å². The quantitative estimate of drug-likeness (QED) is 0.553. The normalized spacial score (nSPS) is 10.8. The van der Waals surface area contributed by atoms with Gasteiger partial charge in [-0.15, -0.1) is 6.58 Å². The van der Waals surface area contributed by atoms with Crippen molar-refractivity contribution in [3.05, 3.63) is 75.2 Å². The molecule has 3 rings (SSSR count). The fourth-order valence-electron chi connectivity index (χ4n) is 2.78. The molecule has 1 N–H and O–H groups in total. The molecule has 2 heterocycles. The largest absolute Gasteiger partial charge is 0.464 e. The summed E-state index contributed by atoms with van der Waals surface area (Å²) in [7, 11) is 1.70. The summed E-state index contributed by atoms with van der Waals surface area (Å²) in [5.74, 6) is 1.34. The number of hydrogen-bond acceptors (Lipinski definition) is 4. The van der Waals surface area contributed by atoms with Crippen LogP contribution >= 0.6 is 12.2 Å². The number of carbonyl (C=O) groups excluding carboxylic acids is 1. The SMILES string of the molecule is C=CCn1c(=S)[nH]c2cc(C(=O)N(C)Cc3ccc(C)o3)ccc2c1=O. The van der Waals surface area contributed by atoms with E-state index in [9.17, 15) is 9.59 Å². The van der Waals surface area contributed by atoms with Gasteiger partial charge in [-0.25, -0.2) is 0 Å². The first kappa shape index (κ1) is 17.9. The molecular weight excluding hydrogens is 350 g/mol. The minimum atomic E-state index is -0.206. The molecule has 26 heavy (non-hydrogen) atoms.